The highest BCUT2D eigenvalue weighted by atomic mass is 32.2. The Morgan fingerprint density at radius 3 is 2.58 bits per heavy atom. The zero-order chi connectivity index (χ0) is 14.0. The summed E-state index contributed by atoms with van der Waals surface area (Å²) in [6.07, 6.45) is 0. The van der Waals surface area contributed by atoms with Crippen LogP contribution in [-0.4, -0.2) is 15.8 Å². The van der Waals surface area contributed by atoms with Crippen LogP contribution in [0.1, 0.15) is 0 Å². The molecule has 0 spiro atoms. The Bertz CT molecular complexity index is 705. The van der Waals surface area contributed by atoms with E-state index in [-0.39, 0.29) is 35.0 Å². The van der Waals surface area contributed by atoms with Crippen molar-refractivity contribution in [2.45, 2.75) is 12.1 Å². The molecule has 1 heterocycles. The van der Waals surface area contributed by atoms with Crippen molar-refractivity contribution in [2.24, 2.45) is 0 Å². The number of benzene rings is 1. The van der Waals surface area contributed by atoms with Crippen LogP contribution in [0.2, 0.25) is 0 Å². The molecule has 4 nitrogen and oxygen atoms in total. The summed E-state index contributed by atoms with van der Waals surface area (Å²) in [5.74, 6) is -1.28. The first-order valence-corrected chi connectivity index (χ1v) is 6.20. The van der Waals surface area contributed by atoms with Gasteiger partial charge in [0.2, 0.25) is 0 Å². The molecule has 0 N–H and O–H groups in total. The van der Waals surface area contributed by atoms with Gasteiger partial charge in [0.1, 0.15) is 0 Å². The second-order valence-corrected chi connectivity index (χ2v) is 4.78. The van der Waals surface area contributed by atoms with Gasteiger partial charge in [0, 0.05) is 12.3 Å². The van der Waals surface area contributed by atoms with E-state index in [0.29, 0.717) is 0 Å². The second kappa shape index (κ2) is 5.12. The number of alkyl halides is 3. The molecule has 0 fully saturated rings. The number of fused-ring (bicyclic) bond motifs is 1. The van der Waals surface area contributed by atoms with Crippen molar-refractivity contribution in [1.82, 2.24) is 4.57 Å². The molecule has 0 aliphatic carbocycles. The fraction of sp³-hybridized carbons (Fsp3) is 0.273. The van der Waals surface area contributed by atoms with Gasteiger partial charge in [-0.1, -0.05) is 12.1 Å². The predicted molar refractivity (Wildman–Crippen MR) is 65.3 cm³/mol. The number of hydrogen-bond donors (Lipinski definition) is 0. The second-order valence-electron chi connectivity index (χ2n) is 3.62. The minimum absolute atomic E-state index is 0.166. The highest BCUT2D eigenvalue weighted by Crippen LogP contribution is 2.30. The average Bonchev–Trinajstić information content (AvgIpc) is 2.32. The third kappa shape index (κ3) is 3.19. The molecule has 0 aliphatic heterocycles. The van der Waals surface area contributed by atoms with Crippen LogP contribution >= 0.6 is 11.8 Å². The summed E-state index contributed by atoms with van der Waals surface area (Å²) < 4.78 is 41.6. The molecule has 0 saturated heterocycles. The number of para-hydroxylation sites is 1. The van der Waals surface area contributed by atoms with Gasteiger partial charge in [-0.2, -0.15) is 13.2 Å². The summed E-state index contributed by atoms with van der Waals surface area (Å²) in [5.41, 5.74) is -4.87. The Labute approximate surface area is 108 Å². The first-order chi connectivity index (χ1) is 8.88. The van der Waals surface area contributed by atoms with E-state index in [1.54, 1.807) is 12.1 Å². The van der Waals surface area contributed by atoms with Gasteiger partial charge in [-0.25, -0.2) is 9.59 Å². The number of halogens is 3. The lowest BCUT2D eigenvalue weighted by Gasteiger charge is -2.09. The molecule has 0 radical (unpaired) electrons. The molecule has 19 heavy (non-hydrogen) atoms. The highest BCUT2D eigenvalue weighted by molar-refractivity contribution is 8.00. The van der Waals surface area contributed by atoms with Gasteiger partial charge in [0.05, 0.1) is 10.9 Å². The summed E-state index contributed by atoms with van der Waals surface area (Å²) >= 11 is -0.230. The van der Waals surface area contributed by atoms with Gasteiger partial charge in [0.15, 0.2) is 0 Å². The fourth-order valence-corrected chi connectivity index (χ4v) is 2.14. The Balaban J connectivity index is 2.38. The Hall–Kier alpha value is -1.70. The van der Waals surface area contributed by atoms with Crippen molar-refractivity contribution >= 4 is 22.7 Å². The van der Waals surface area contributed by atoms with Crippen LogP contribution in [0.3, 0.4) is 0 Å². The van der Waals surface area contributed by atoms with E-state index >= 15 is 0 Å². The largest absolute Gasteiger partial charge is 0.441 e. The van der Waals surface area contributed by atoms with Crippen LogP contribution in [0.15, 0.2) is 38.3 Å². The summed E-state index contributed by atoms with van der Waals surface area (Å²) in [6.45, 7) is -0.187. The van der Waals surface area contributed by atoms with Crippen molar-refractivity contribution in [3.05, 3.63) is 45.2 Å². The minimum atomic E-state index is -4.35. The molecule has 0 amide bonds. The van der Waals surface area contributed by atoms with Gasteiger partial charge in [-0.05, 0) is 23.9 Å². The number of rotatable bonds is 3. The quantitative estimate of drug-likeness (QED) is 0.870. The smallest absolute Gasteiger partial charge is 0.372 e. The standard InChI is InChI=1S/C11H8F3NO3S/c12-11(13,14)19-6-5-15-8-4-2-1-3-7(8)9(16)18-10(15)17/h1-4H,5-6H2. The van der Waals surface area contributed by atoms with Crippen LogP contribution in [0.4, 0.5) is 13.2 Å². The van der Waals surface area contributed by atoms with E-state index < -0.39 is 16.9 Å². The zero-order valence-electron chi connectivity index (χ0n) is 9.44. The third-order valence-electron chi connectivity index (χ3n) is 2.40. The summed E-state index contributed by atoms with van der Waals surface area (Å²) in [4.78, 5) is 22.9. The normalized spacial score (nSPS) is 11.9. The number of aromatic nitrogens is 1. The molecule has 8 heteroatoms. The molecule has 2 rings (SSSR count). The molecular formula is C11H8F3NO3S. The van der Waals surface area contributed by atoms with Gasteiger partial charge >= 0.3 is 16.9 Å². The maximum atomic E-state index is 12.0. The van der Waals surface area contributed by atoms with Crippen molar-refractivity contribution < 1.29 is 17.6 Å². The number of thioether (sulfide) groups is 1. The van der Waals surface area contributed by atoms with Crippen LogP contribution < -0.4 is 11.4 Å². The molecule has 0 atom stereocenters. The summed E-state index contributed by atoms with van der Waals surface area (Å²) in [7, 11) is 0. The lowest BCUT2D eigenvalue weighted by molar-refractivity contribution is -0.0328. The zero-order valence-corrected chi connectivity index (χ0v) is 10.3. The van der Waals surface area contributed by atoms with E-state index in [9.17, 15) is 22.8 Å². The van der Waals surface area contributed by atoms with Gasteiger partial charge in [-0.15, -0.1) is 0 Å². The molecule has 0 aliphatic rings. The number of nitrogens with zero attached hydrogens (tertiary/aromatic N) is 1. The first-order valence-electron chi connectivity index (χ1n) is 5.22. The maximum absolute atomic E-state index is 12.0. The van der Waals surface area contributed by atoms with Gasteiger partial charge in [-0.3, -0.25) is 4.57 Å². The maximum Gasteiger partial charge on any atom is 0.441 e. The molecule has 0 bridgehead atoms. The summed E-state index contributed by atoms with van der Waals surface area (Å²) in [5, 5.41) is 0.166. The van der Waals surface area contributed by atoms with Crippen LogP contribution in [0.25, 0.3) is 10.9 Å². The van der Waals surface area contributed by atoms with E-state index in [1.165, 1.54) is 12.1 Å². The third-order valence-corrected chi connectivity index (χ3v) is 3.11. The molecule has 1 aromatic heterocycles. The van der Waals surface area contributed by atoms with Gasteiger partial charge in [0.25, 0.3) is 0 Å². The first kappa shape index (κ1) is 13.7. The van der Waals surface area contributed by atoms with Crippen molar-refractivity contribution in [3.8, 4) is 0 Å². The van der Waals surface area contributed by atoms with E-state index in [2.05, 4.69) is 4.42 Å². The molecule has 0 unspecified atom stereocenters. The Morgan fingerprint density at radius 1 is 1.21 bits per heavy atom. The minimum Gasteiger partial charge on any atom is -0.372 e. The predicted octanol–water partition coefficient (Wildman–Crippen LogP) is 2.21. The van der Waals surface area contributed by atoms with Crippen LogP contribution in [-0.2, 0) is 6.54 Å². The SMILES string of the molecule is O=c1oc(=O)n(CCSC(F)(F)F)c2ccccc12. The summed E-state index contributed by atoms with van der Waals surface area (Å²) in [6, 6.07) is 6.12. The molecule has 1 aromatic carbocycles. The Morgan fingerprint density at radius 2 is 1.89 bits per heavy atom. The molecule has 102 valence electrons. The molecular weight excluding hydrogens is 283 g/mol. The van der Waals surface area contributed by atoms with Crippen LogP contribution in [0, 0.1) is 0 Å². The number of hydrogen-bond acceptors (Lipinski definition) is 4. The van der Waals surface area contributed by atoms with Crippen molar-refractivity contribution in [2.75, 3.05) is 5.75 Å². The highest BCUT2D eigenvalue weighted by Gasteiger charge is 2.27. The topological polar surface area (TPSA) is 52.2 Å². The van der Waals surface area contributed by atoms with Gasteiger partial charge < -0.3 is 4.42 Å². The van der Waals surface area contributed by atoms with Crippen molar-refractivity contribution in [3.63, 3.8) is 0 Å². The average molecular weight is 291 g/mol. The molecule has 2 aromatic rings. The van der Waals surface area contributed by atoms with E-state index in [1.807, 2.05) is 0 Å². The lowest BCUT2D eigenvalue weighted by Crippen LogP contribution is -2.26. The lowest BCUT2D eigenvalue weighted by atomic mass is 10.2. The Kier molecular flexibility index (Phi) is 3.70. The fourth-order valence-electron chi connectivity index (χ4n) is 1.63. The van der Waals surface area contributed by atoms with Crippen LogP contribution in [0.5, 0.6) is 0 Å². The molecule has 0 saturated carbocycles. The van der Waals surface area contributed by atoms with Crippen molar-refractivity contribution in [1.29, 1.82) is 0 Å². The van der Waals surface area contributed by atoms with E-state index in [0.717, 1.165) is 4.57 Å². The number of aryl methyl sites for hydroxylation is 1. The van der Waals surface area contributed by atoms with E-state index in [4.69, 9.17) is 0 Å². The monoisotopic (exact) mass is 291 g/mol.